The molecule has 4 heteroatoms. The Morgan fingerprint density at radius 2 is 1.95 bits per heavy atom. The highest BCUT2D eigenvalue weighted by molar-refractivity contribution is 5.76. The molecule has 1 aromatic carbocycles. The summed E-state index contributed by atoms with van der Waals surface area (Å²) in [5, 5.41) is 2.91. The van der Waals surface area contributed by atoms with Crippen LogP contribution in [0.3, 0.4) is 0 Å². The number of amides is 1. The summed E-state index contributed by atoms with van der Waals surface area (Å²) in [5.74, 6) is 1.00. The zero-order chi connectivity index (χ0) is 15.8. The minimum Gasteiger partial charge on any atom is -0.473 e. The first kappa shape index (κ1) is 16.0. The molecule has 1 N–H and O–H groups in total. The lowest BCUT2D eigenvalue weighted by atomic mass is 10.1. The van der Waals surface area contributed by atoms with E-state index in [0.717, 1.165) is 11.1 Å². The molecule has 0 aliphatic rings. The van der Waals surface area contributed by atoms with E-state index in [0.29, 0.717) is 31.4 Å². The SMILES string of the molecule is CC(C)CC(=O)NCc1ccnc(OCc2ccccc2)c1. The van der Waals surface area contributed by atoms with Gasteiger partial charge >= 0.3 is 0 Å². The van der Waals surface area contributed by atoms with Gasteiger partial charge in [0, 0.05) is 25.2 Å². The summed E-state index contributed by atoms with van der Waals surface area (Å²) in [5.41, 5.74) is 2.08. The topological polar surface area (TPSA) is 51.2 Å². The van der Waals surface area contributed by atoms with Gasteiger partial charge in [0.15, 0.2) is 0 Å². The van der Waals surface area contributed by atoms with Crippen molar-refractivity contribution in [1.29, 1.82) is 0 Å². The van der Waals surface area contributed by atoms with E-state index in [-0.39, 0.29) is 5.91 Å². The summed E-state index contributed by atoms with van der Waals surface area (Å²) in [6.45, 7) is 5.04. The Kier molecular flexibility index (Phi) is 5.95. The molecule has 0 radical (unpaired) electrons. The third-order valence-corrected chi connectivity index (χ3v) is 3.11. The fourth-order valence-electron chi connectivity index (χ4n) is 2.01. The number of pyridine rings is 1. The molecule has 0 aliphatic heterocycles. The highest BCUT2D eigenvalue weighted by atomic mass is 16.5. The zero-order valence-electron chi connectivity index (χ0n) is 13.1. The molecule has 0 spiro atoms. The van der Waals surface area contributed by atoms with Crippen LogP contribution in [0.15, 0.2) is 48.7 Å². The molecule has 116 valence electrons. The third kappa shape index (κ3) is 5.56. The number of nitrogens with zero attached hydrogens (tertiary/aromatic N) is 1. The van der Waals surface area contributed by atoms with Gasteiger partial charge in [0.2, 0.25) is 11.8 Å². The van der Waals surface area contributed by atoms with Crippen LogP contribution in [-0.4, -0.2) is 10.9 Å². The Morgan fingerprint density at radius 3 is 2.68 bits per heavy atom. The van der Waals surface area contributed by atoms with Gasteiger partial charge in [-0.15, -0.1) is 0 Å². The summed E-state index contributed by atoms with van der Waals surface area (Å²) in [6.07, 6.45) is 2.24. The van der Waals surface area contributed by atoms with Crippen molar-refractivity contribution in [3.05, 3.63) is 59.8 Å². The number of carbonyl (C=O) groups is 1. The van der Waals surface area contributed by atoms with Gasteiger partial charge in [0.05, 0.1) is 0 Å². The number of aromatic nitrogens is 1. The van der Waals surface area contributed by atoms with E-state index in [1.54, 1.807) is 6.20 Å². The summed E-state index contributed by atoms with van der Waals surface area (Å²) >= 11 is 0. The number of rotatable bonds is 7. The van der Waals surface area contributed by atoms with Gasteiger partial charge in [-0.1, -0.05) is 44.2 Å². The first-order valence-corrected chi connectivity index (χ1v) is 7.52. The van der Waals surface area contributed by atoms with Gasteiger partial charge in [-0.25, -0.2) is 4.98 Å². The average Bonchev–Trinajstić information content (AvgIpc) is 2.52. The molecule has 22 heavy (non-hydrogen) atoms. The molecule has 0 bridgehead atoms. The van der Waals surface area contributed by atoms with E-state index in [9.17, 15) is 4.79 Å². The summed E-state index contributed by atoms with van der Waals surface area (Å²) in [6, 6.07) is 13.7. The molecule has 4 nitrogen and oxygen atoms in total. The maximum absolute atomic E-state index is 11.7. The molecule has 1 aromatic heterocycles. The second-order valence-electron chi connectivity index (χ2n) is 5.65. The van der Waals surface area contributed by atoms with E-state index in [2.05, 4.69) is 10.3 Å². The van der Waals surface area contributed by atoms with Crippen molar-refractivity contribution in [3.63, 3.8) is 0 Å². The van der Waals surface area contributed by atoms with Crippen molar-refractivity contribution in [2.45, 2.75) is 33.4 Å². The van der Waals surface area contributed by atoms with Gasteiger partial charge in [0.1, 0.15) is 6.61 Å². The van der Waals surface area contributed by atoms with Crippen molar-refractivity contribution < 1.29 is 9.53 Å². The van der Waals surface area contributed by atoms with Crippen LogP contribution in [0.25, 0.3) is 0 Å². The minimum atomic E-state index is 0.0681. The van der Waals surface area contributed by atoms with Crippen molar-refractivity contribution in [2.75, 3.05) is 0 Å². The quantitative estimate of drug-likeness (QED) is 0.853. The Morgan fingerprint density at radius 1 is 1.18 bits per heavy atom. The number of hydrogen-bond acceptors (Lipinski definition) is 3. The lowest BCUT2D eigenvalue weighted by Crippen LogP contribution is -2.23. The van der Waals surface area contributed by atoms with Gasteiger partial charge in [-0.3, -0.25) is 4.79 Å². The standard InChI is InChI=1S/C18H22N2O2/c1-14(2)10-17(21)20-12-16-8-9-19-18(11-16)22-13-15-6-4-3-5-7-15/h3-9,11,14H,10,12-13H2,1-2H3,(H,20,21). The van der Waals surface area contributed by atoms with Crippen molar-refractivity contribution in [2.24, 2.45) is 5.92 Å². The minimum absolute atomic E-state index is 0.0681. The smallest absolute Gasteiger partial charge is 0.220 e. The lowest BCUT2D eigenvalue weighted by molar-refractivity contribution is -0.121. The van der Waals surface area contributed by atoms with Gasteiger partial charge < -0.3 is 10.1 Å². The fourth-order valence-corrected chi connectivity index (χ4v) is 2.01. The van der Waals surface area contributed by atoms with Crippen molar-refractivity contribution >= 4 is 5.91 Å². The Balaban J connectivity index is 1.86. The number of benzene rings is 1. The van der Waals surface area contributed by atoms with Crippen LogP contribution in [0.2, 0.25) is 0 Å². The maximum Gasteiger partial charge on any atom is 0.220 e. The summed E-state index contributed by atoms with van der Waals surface area (Å²) in [4.78, 5) is 15.9. The van der Waals surface area contributed by atoms with Crippen LogP contribution in [0, 0.1) is 5.92 Å². The second-order valence-corrected chi connectivity index (χ2v) is 5.65. The van der Waals surface area contributed by atoms with Crippen molar-refractivity contribution in [3.8, 4) is 5.88 Å². The predicted molar refractivity (Wildman–Crippen MR) is 86.3 cm³/mol. The number of hydrogen-bond donors (Lipinski definition) is 1. The summed E-state index contributed by atoms with van der Waals surface area (Å²) in [7, 11) is 0. The third-order valence-electron chi connectivity index (χ3n) is 3.11. The molecular formula is C18H22N2O2. The fraction of sp³-hybridized carbons (Fsp3) is 0.333. The van der Waals surface area contributed by atoms with Crippen LogP contribution in [0.5, 0.6) is 5.88 Å². The molecule has 0 saturated heterocycles. The Bertz CT molecular complexity index is 597. The van der Waals surface area contributed by atoms with Gasteiger partial charge in [0.25, 0.3) is 0 Å². The molecule has 2 rings (SSSR count). The van der Waals surface area contributed by atoms with Crippen LogP contribution in [0.4, 0.5) is 0 Å². The summed E-state index contributed by atoms with van der Waals surface area (Å²) < 4.78 is 5.68. The van der Waals surface area contributed by atoms with Crippen LogP contribution in [-0.2, 0) is 17.9 Å². The van der Waals surface area contributed by atoms with E-state index >= 15 is 0 Å². The zero-order valence-corrected chi connectivity index (χ0v) is 13.1. The molecule has 2 aromatic rings. The van der Waals surface area contributed by atoms with E-state index in [4.69, 9.17) is 4.74 Å². The normalized spacial score (nSPS) is 10.5. The first-order chi connectivity index (χ1) is 10.6. The largest absolute Gasteiger partial charge is 0.473 e. The average molecular weight is 298 g/mol. The van der Waals surface area contributed by atoms with Crippen LogP contribution >= 0.6 is 0 Å². The molecule has 0 atom stereocenters. The van der Waals surface area contributed by atoms with E-state index in [1.807, 2.05) is 56.3 Å². The molecule has 1 heterocycles. The monoisotopic (exact) mass is 298 g/mol. The first-order valence-electron chi connectivity index (χ1n) is 7.52. The number of carbonyl (C=O) groups excluding carboxylic acids is 1. The molecule has 0 aliphatic carbocycles. The van der Waals surface area contributed by atoms with Crippen LogP contribution in [0.1, 0.15) is 31.4 Å². The molecule has 0 unspecified atom stereocenters. The molecular weight excluding hydrogens is 276 g/mol. The second kappa shape index (κ2) is 8.17. The molecule has 0 saturated carbocycles. The van der Waals surface area contributed by atoms with Gasteiger partial charge in [-0.2, -0.15) is 0 Å². The highest BCUT2D eigenvalue weighted by Gasteiger charge is 2.05. The number of nitrogens with one attached hydrogen (secondary N) is 1. The predicted octanol–water partition coefficient (Wildman–Crippen LogP) is 3.32. The van der Waals surface area contributed by atoms with E-state index < -0.39 is 0 Å². The highest BCUT2D eigenvalue weighted by Crippen LogP contribution is 2.12. The van der Waals surface area contributed by atoms with E-state index in [1.165, 1.54) is 0 Å². The molecule has 0 fully saturated rings. The number of ether oxygens (including phenoxy) is 1. The van der Waals surface area contributed by atoms with Crippen molar-refractivity contribution in [1.82, 2.24) is 10.3 Å². The van der Waals surface area contributed by atoms with Crippen LogP contribution < -0.4 is 10.1 Å². The molecule has 1 amide bonds. The Labute approximate surface area is 131 Å². The Hall–Kier alpha value is -2.36. The van der Waals surface area contributed by atoms with Gasteiger partial charge in [-0.05, 0) is 23.1 Å². The maximum atomic E-state index is 11.7. The lowest BCUT2D eigenvalue weighted by Gasteiger charge is -2.09.